The minimum Gasteiger partial charge on any atom is -0.741 e. The van der Waals surface area contributed by atoms with Gasteiger partial charge in [-0.2, -0.15) is 5.10 Å². The molecule has 0 amide bonds. The van der Waals surface area contributed by atoms with Gasteiger partial charge in [-0.3, -0.25) is 5.01 Å². The van der Waals surface area contributed by atoms with Crippen LogP contribution >= 0.6 is 12.2 Å². The van der Waals surface area contributed by atoms with Crippen LogP contribution in [0.1, 0.15) is 33.6 Å². The van der Waals surface area contributed by atoms with Gasteiger partial charge in [0.05, 0.1) is 0 Å². The van der Waals surface area contributed by atoms with Crippen LogP contribution in [0.4, 0.5) is 0 Å². The summed E-state index contributed by atoms with van der Waals surface area (Å²) in [5.74, 6) is 0. The second-order valence-electron chi connectivity index (χ2n) is 4.89. The number of thiocarbonyl (C=S) groups is 1. The zero-order chi connectivity index (χ0) is 15.1. The normalized spacial score (nSPS) is 18.2. The molecule has 1 unspecified atom stereocenters. The maximum atomic E-state index is 5.35. The molecule has 5 nitrogen and oxygen atoms in total. The monoisotopic (exact) mass is 316 g/mol. The number of hydrogen-bond donors (Lipinski definition) is 1. The average Bonchev–Trinajstić information content (AvgIpc) is 2.65. The number of rotatable bonds is 7. The standard InChI is InChI=1S/C13H27N5S2/c1-5-17(6-2)12(19)14-9-7-8-10-18-11(3)16(4)15-13(18)20/h11H,5-10H2,1-4H3,(H,14,19)(H,15,20)/p-1. The van der Waals surface area contributed by atoms with E-state index in [-0.39, 0.29) is 6.17 Å². The lowest BCUT2D eigenvalue weighted by atomic mass is 10.3. The first-order chi connectivity index (χ1) is 9.51. The van der Waals surface area contributed by atoms with Crippen molar-refractivity contribution in [2.75, 3.05) is 33.2 Å². The molecule has 0 saturated heterocycles. The third-order valence-corrected chi connectivity index (χ3v) is 4.35. The highest BCUT2D eigenvalue weighted by Crippen LogP contribution is 2.14. The zero-order valence-electron chi connectivity index (χ0n) is 12.9. The van der Waals surface area contributed by atoms with E-state index in [1.807, 2.05) is 12.1 Å². The fraction of sp³-hybridized carbons (Fsp3) is 0.846. The molecule has 1 N–H and O–H groups in total. The number of hydrazone groups is 1. The highest BCUT2D eigenvalue weighted by molar-refractivity contribution is 7.80. The van der Waals surface area contributed by atoms with Crippen LogP contribution in [0.15, 0.2) is 5.10 Å². The Morgan fingerprint density at radius 1 is 1.40 bits per heavy atom. The van der Waals surface area contributed by atoms with Crippen molar-refractivity contribution in [2.45, 2.75) is 39.8 Å². The highest BCUT2D eigenvalue weighted by Gasteiger charge is 2.20. The summed E-state index contributed by atoms with van der Waals surface area (Å²) in [5, 5.41) is 11.1. The van der Waals surface area contributed by atoms with Gasteiger partial charge in [-0.05, 0) is 45.8 Å². The maximum absolute atomic E-state index is 5.35. The molecule has 1 aliphatic heterocycles. The van der Waals surface area contributed by atoms with Crippen LogP contribution < -0.4 is 5.32 Å². The van der Waals surface area contributed by atoms with Gasteiger partial charge in [-0.15, -0.1) is 0 Å². The van der Waals surface area contributed by atoms with Crippen LogP contribution in [-0.2, 0) is 12.6 Å². The molecule has 7 heteroatoms. The van der Waals surface area contributed by atoms with Crippen molar-refractivity contribution in [3.8, 4) is 0 Å². The largest absolute Gasteiger partial charge is 0.741 e. The molecule has 0 aromatic carbocycles. The number of nitrogens with one attached hydrogen (secondary N) is 1. The molecule has 0 radical (unpaired) electrons. The van der Waals surface area contributed by atoms with Gasteiger partial charge in [-0.1, -0.05) is 0 Å². The summed E-state index contributed by atoms with van der Waals surface area (Å²) >= 11 is 10.6. The van der Waals surface area contributed by atoms with Crippen molar-refractivity contribution in [1.29, 1.82) is 0 Å². The first kappa shape index (κ1) is 17.2. The molecule has 1 aliphatic rings. The van der Waals surface area contributed by atoms with Gasteiger partial charge in [0.15, 0.2) is 5.11 Å². The molecule has 0 fully saturated rings. The van der Waals surface area contributed by atoms with Gasteiger partial charge < -0.3 is 27.7 Å². The third kappa shape index (κ3) is 4.63. The molecule has 1 rings (SSSR count). The quantitative estimate of drug-likeness (QED) is 0.434. The topological polar surface area (TPSA) is 34.1 Å². The van der Waals surface area contributed by atoms with Gasteiger partial charge in [-0.25, -0.2) is 0 Å². The van der Waals surface area contributed by atoms with Crippen molar-refractivity contribution >= 4 is 35.1 Å². The first-order valence-corrected chi connectivity index (χ1v) is 8.10. The van der Waals surface area contributed by atoms with Crippen molar-refractivity contribution in [3.63, 3.8) is 0 Å². The molecule has 0 saturated carbocycles. The number of unbranched alkanes of at least 4 members (excludes halogenated alkanes) is 1. The second-order valence-corrected chi connectivity index (χ2v) is 5.64. The first-order valence-electron chi connectivity index (χ1n) is 7.29. The highest BCUT2D eigenvalue weighted by atomic mass is 32.1. The molecule has 116 valence electrons. The Morgan fingerprint density at radius 3 is 2.55 bits per heavy atom. The molecule has 1 heterocycles. The Morgan fingerprint density at radius 2 is 2.05 bits per heavy atom. The average molecular weight is 317 g/mol. The second kappa shape index (κ2) is 8.46. The molecule has 0 spiro atoms. The van der Waals surface area contributed by atoms with Crippen LogP contribution in [0.5, 0.6) is 0 Å². The van der Waals surface area contributed by atoms with Gasteiger partial charge in [0.1, 0.15) is 6.17 Å². The van der Waals surface area contributed by atoms with E-state index in [4.69, 9.17) is 24.8 Å². The fourth-order valence-electron chi connectivity index (χ4n) is 2.15. The summed E-state index contributed by atoms with van der Waals surface area (Å²) in [6.45, 7) is 10.1. The number of hydrogen-bond acceptors (Lipinski definition) is 5. The summed E-state index contributed by atoms with van der Waals surface area (Å²) in [5.41, 5.74) is 0. The predicted octanol–water partition coefficient (Wildman–Crippen LogP) is 1.39. The SMILES string of the molecule is CCN(CC)C(=S)NCCCCN1C([S-])=NN(C)C1C. The summed E-state index contributed by atoms with van der Waals surface area (Å²) in [4.78, 5) is 4.32. The zero-order valence-corrected chi connectivity index (χ0v) is 14.6. The summed E-state index contributed by atoms with van der Waals surface area (Å²) in [6.07, 6.45) is 2.44. The van der Waals surface area contributed by atoms with Crippen LogP contribution in [-0.4, -0.2) is 64.5 Å². The Labute approximate surface area is 133 Å². The van der Waals surface area contributed by atoms with Crippen LogP contribution in [0.3, 0.4) is 0 Å². The van der Waals surface area contributed by atoms with Crippen molar-refractivity contribution in [3.05, 3.63) is 0 Å². The Hall–Kier alpha value is -0.820. The van der Waals surface area contributed by atoms with E-state index in [2.05, 4.69) is 41.0 Å². The van der Waals surface area contributed by atoms with Crippen molar-refractivity contribution in [2.24, 2.45) is 5.10 Å². The molecular weight excluding hydrogens is 290 g/mol. The molecule has 0 bridgehead atoms. The van der Waals surface area contributed by atoms with E-state index in [9.17, 15) is 0 Å². The molecule has 0 aromatic rings. The molecule has 1 atom stereocenters. The van der Waals surface area contributed by atoms with E-state index in [1.165, 1.54) is 0 Å². The Kier molecular flexibility index (Phi) is 7.29. The summed E-state index contributed by atoms with van der Waals surface area (Å²) in [6, 6.07) is 0. The maximum Gasteiger partial charge on any atom is 0.168 e. The van der Waals surface area contributed by atoms with Crippen LogP contribution in [0.2, 0.25) is 0 Å². The minimum absolute atomic E-state index is 0.271. The van der Waals surface area contributed by atoms with Gasteiger partial charge in [0, 0.05) is 38.4 Å². The number of nitrogens with zero attached hydrogens (tertiary/aromatic N) is 4. The van der Waals surface area contributed by atoms with Gasteiger partial charge >= 0.3 is 0 Å². The third-order valence-electron chi connectivity index (χ3n) is 3.63. The molecular formula is C13H26N5S2-. The molecule has 20 heavy (non-hydrogen) atoms. The Balaban J connectivity index is 2.17. The lowest BCUT2D eigenvalue weighted by Crippen LogP contribution is -2.40. The number of amidine groups is 1. The van der Waals surface area contributed by atoms with E-state index in [1.54, 1.807) is 0 Å². The fourth-order valence-corrected chi connectivity index (χ4v) is 2.88. The van der Waals surface area contributed by atoms with E-state index in [0.29, 0.717) is 5.17 Å². The van der Waals surface area contributed by atoms with E-state index < -0.39 is 0 Å². The lowest BCUT2D eigenvalue weighted by molar-refractivity contribution is 0.177. The van der Waals surface area contributed by atoms with Crippen molar-refractivity contribution < 1.29 is 0 Å². The van der Waals surface area contributed by atoms with E-state index >= 15 is 0 Å². The van der Waals surface area contributed by atoms with Gasteiger partial charge in [0.25, 0.3) is 0 Å². The van der Waals surface area contributed by atoms with Crippen LogP contribution in [0, 0.1) is 0 Å². The predicted molar refractivity (Wildman–Crippen MR) is 91.5 cm³/mol. The van der Waals surface area contributed by atoms with Crippen molar-refractivity contribution in [1.82, 2.24) is 20.1 Å². The van der Waals surface area contributed by atoms with E-state index in [0.717, 1.165) is 44.1 Å². The minimum atomic E-state index is 0.271. The van der Waals surface area contributed by atoms with Crippen LogP contribution in [0.25, 0.3) is 0 Å². The Bertz CT molecular complexity index is 344. The molecule has 0 aromatic heterocycles. The molecule has 0 aliphatic carbocycles. The smallest absolute Gasteiger partial charge is 0.168 e. The van der Waals surface area contributed by atoms with Gasteiger partial charge in [0.2, 0.25) is 0 Å². The summed E-state index contributed by atoms with van der Waals surface area (Å²) < 4.78 is 0. The summed E-state index contributed by atoms with van der Waals surface area (Å²) in [7, 11) is 1.96. The lowest BCUT2D eigenvalue weighted by Gasteiger charge is -2.30.